The molecular formula is C18H17F4N5O4. The molecule has 3 aromatic rings. The first-order valence-electron chi connectivity index (χ1n) is 9.10. The van der Waals surface area contributed by atoms with Crippen LogP contribution in [0.15, 0.2) is 30.9 Å². The summed E-state index contributed by atoms with van der Waals surface area (Å²) < 4.78 is 58.9. The molecule has 13 heteroatoms. The first-order chi connectivity index (χ1) is 14.7. The van der Waals surface area contributed by atoms with Crippen molar-refractivity contribution < 1.29 is 37.6 Å². The summed E-state index contributed by atoms with van der Waals surface area (Å²) in [6.45, 7) is -0.668. The van der Waals surface area contributed by atoms with Gasteiger partial charge in [0.05, 0.1) is 18.5 Å². The molecule has 4 N–H and O–H groups in total. The predicted octanol–water partition coefficient (Wildman–Crippen LogP) is 1.21. The van der Waals surface area contributed by atoms with Crippen molar-refractivity contribution in [3.05, 3.63) is 47.8 Å². The first kappa shape index (κ1) is 21.4. The number of rotatable bonds is 5. The highest BCUT2D eigenvalue weighted by molar-refractivity contribution is 5.82. The molecule has 9 nitrogen and oxygen atoms in total. The second-order valence-electron chi connectivity index (χ2n) is 6.93. The Kier molecular flexibility index (Phi) is 5.51. The lowest BCUT2D eigenvalue weighted by Crippen LogP contribution is -2.33. The van der Waals surface area contributed by atoms with Crippen LogP contribution in [0.2, 0.25) is 0 Å². The number of alkyl halides is 3. The number of imidazole rings is 1. The number of hydrogen-bond acceptors (Lipinski definition) is 8. The summed E-state index contributed by atoms with van der Waals surface area (Å²) in [6.07, 6.45) is -6.88. The highest BCUT2D eigenvalue weighted by atomic mass is 19.4. The highest BCUT2D eigenvalue weighted by Gasteiger charge is 2.44. The monoisotopic (exact) mass is 443 g/mol. The number of hydrogen-bond donors (Lipinski definition) is 4. The van der Waals surface area contributed by atoms with Crippen LogP contribution in [0.5, 0.6) is 0 Å². The molecule has 1 aliphatic rings. The lowest BCUT2D eigenvalue weighted by atomic mass is 10.1. The summed E-state index contributed by atoms with van der Waals surface area (Å²) >= 11 is 0. The molecule has 4 atom stereocenters. The molecule has 4 rings (SSSR count). The lowest BCUT2D eigenvalue weighted by Gasteiger charge is -2.16. The number of fused-ring (bicyclic) bond motifs is 1. The maximum Gasteiger partial charge on any atom is 0.416 e. The Morgan fingerprint density at radius 3 is 2.55 bits per heavy atom. The third-order valence-corrected chi connectivity index (χ3v) is 4.98. The van der Waals surface area contributed by atoms with E-state index in [1.807, 2.05) is 0 Å². The molecule has 0 unspecified atom stereocenters. The average molecular weight is 443 g/mol. The number of anilines is 1. The molecule has 0 spiro atoms. The third-order valence-electron chi connectivity index (χ3n) is 4.98. The Morgan fingerprint density at radius 2 is 1.90 bits per heavy atom. The van der Waals surface area contributed by atoms with Gasteiger partial charge in [0.25, 0.3) is 0 Å². The Hall–Kier alpha value is -2.87. The molecule has 3 heterocycles. The van der Waals surface area contributed by atoms with Gasteiger partial charge in [-0.25, -0.2) is 19.3 Å². The zero-order valence-electron chi connectivity index (χ0n) is 15.7. The normalized spacial score (nSPS) is 24.1. The molecule has 1 aromatic carbocycles. The van der Waals surface area contributed by atoms with Crippen LogP contribution >= 0.6 is 0 Å². The van der Waals surface area contributed by atoms with E-state index in [-0.39, 0.29) is 29.1 Å². The minimum absolute atomic E-state index is 0.0114. The SMILES string of the molecule is OC[C@H]1O[C@@H](n2cnc3c(NCc4ccc(C(F)(F)F)cc4F)ncnc32)[C@H](O)[C@@H]1O. The van der Waals surface area contributed by atoms with Crippen molar-refractivity contribution in [1.82, 2.24) is 19.5 Å². The summed E-state index contributed by atoms with van der Waals surface area (Å²) in [5.41, 5.74) is -0.647. The number of aliphatic hydroxyl groups is 3. The van der Waals surface area contributed by atoms with Crippen molar-refractivity contribution in [2.75, 3.05) is 11.9 Å². The Morgan fingerprint density at radius 1 is 1.13 bits per heavy atom. The van der Waals surface area contributed by atoms with E-state index in [2.05, 4.69) is 20.3 Å². The lowest BCUT2D eigenvalue weighted by molar-refractivity contribution is -0.137. The number of nitrogens with one attached hydrogen (secondary N) is 1. The Balaban J connectivity index is 1.57. The van der Waals surface area contributed by atoms with E-state index in [1.54, 1.807) is 0 Å². The van der Waals surface area contributed by atoms with Gasteiger partial charge in [-0.3, -0.25) is 4.57 Å². The molecule has 0 saturated carbocycles. The third kappa shape index (κ3) is 3.92. The van der Waals surface area contributed by atoms with Crippen LogP contribution in [0.25, 0.3) is 11.2 Å². The number of ether oxygens (including phenoxy) is 1. The van der Waals surface area contributed by atoms with Gasteiger partial charge in [-0.2, -0.15) is 13.2 Å². The first-order valence-corrected chi connectivity index (χ1v) is 9.10. The zero-order chi connectivity index (χ0) is 22.3. The van der Waals surface area contributed by atoms with Gasteiger partial charge >= 0.3 is 6.18 Å². The van der Waals surface area contributed by atoms with Crippen LogP contribution in [-0.4, -0.2) is 59.8 Å². The number of nitrogens with zero attached hydrogens (tertiary/aromatic N) is 4. The van der Waals surface area contributed by atoms with Crippen molar-refractivity contribution in [2.24, 2.45) is 0 Å². The molecule has 31 heavy (non-hydrogen) atoms. The molecule has 2 aromatic heterocycles. The molecule has 0 bridgehead atoms. The van der Waals surface area contributed by atoms with Crippen LogP contribution in [-0.2, 0) is 17.5 Å². The number of halogens is 4. The molecule has 166 valence electrons. The van der Waals surface area contributed by atoms with E-state index in [9.17, 15) is 32.9 Å². The zero-order valence-corrected chi connectivity index (χ0v) is 15.7. The van der Waals surface area contributed by atoms with Gasteiger partial charge in [0, 0.05) is 12.1 Å². The van der Waals surface area contributed by atoms with Crippen molar-refractivity contribution in [1.29, 1.82) is 0 Å². The van der Waals surface area contributed by atoms with Gasteiger partial charge in [0.15, 0.2) is 23.2 Å². The minimum atomic E-state index is -4.64. The van der Waals surface area contributed by atoms with E-state index in [1.165, 1.54) is 17.2 Å². The molecule has 1 aliphatic heterocycles. The van der Waals surface area contributed by atoms with Crippen molar-refractivity contribution in [2.45, 2.75) is 37.3 Å². The largest absolute Gasteiger partial charge is 0.416 e. The van der Waals surface area contributed by atoms with Crippen LogP contribution in [0.3, 0.4) is 0 Å². The van der Waals surface area contributed by atoms with Gasteiger partial charge < -0.3 is 25.4 Å². The van der Waals surface area contributed by atoms with E-state index in [4.69, 9.17) is 4.74 Å². The molecule has 1 fully saturated rings. The van der Waals surface area contributed by atoms with E-state index >= 15 is 0 Å². The number of aliphatic hydroxyl groups excluding tert-OH is 3. The molecular weight excluding hydrogens is 426 g/mol. The standard InChI is InChI=1S/C18H17F4N5O4/c19-10-3-9(18(20,21)22)2-1-8(10)4-23-15-12-16(25-6-24-15)27(7-26-12)17-14(30)13(29)11(5-28)31-17/h1-3,6-7,11,13-14,17,28-30H,4-5H2,(H,23,24,25)/t11-,13-,14-,17-/m1/s1. The van der Waals surface area contributed by atoms with Gasteiger partial charge in [-0.15, -0.1) is 0 Å². The molecule has 0 radical (unpaired) electrons. The quantitative estimate of drug-likeness (QED) is 0.434. The van der Waals surface area contributed by atoms with Crippen LogP contribution in [0.4, 0.5) is 23.4 Å². The van der Waals surface area contributed by atoms with Crippen LogP contribution in [0.1, 0.15) is 17.4 Å². The fraction of sp³-hybridized carbons (Fsp3) is 0.389. The molecule has 1 saturated heterocycles. The second kappa shape index (κ2) is 8.00. The number of aromatic nitrogens is 4. The topological polar surface area (TPSA) is 126 Å². The maximum absolute atomic E-state index is 14.1. The van der Waals surface area contributed by atoms with Crippen molar-refractivity contribution >= 4 is 17.0 Å². The fourth-order valence-electron chi connectivity index (χ4n) is 3.32. The Labute approximate surface area is 172 Å². The summed E-state index contributed by atoms with van der Waals surface area (Å²) in [4.78, 5) is 12.3. The predicted molar refractivity (Wildman–Crippen MR) is 97.1 cm³/mol. The summed E-state index contributed by atoms with van der Waals surface area (Å²) in [7, 11) is 0. The van der Waals surface area contributed by atoms with E-state index in [0.29, 0.717) is 6.07 Å². The smallest absolute Gasteiger partial charge is 0.394 e. The van der Waals surface area contributed by atoms with E-state index < -0.39 is 48.7 Å². The molecule has 0 aliphatic carbocycles. The van der Waals surface area contributed by atoms with Crippen LogP contribution in [0, 0.1) is 5.82 Å². The fourth-order valence-corrected chi connectivity index (χ4v) is 3.32. The summed E-state index contributed by atoms with van der Waals surface area (Å²) in [5.74, 6) is -0.848. The van der Waals surface area contributed by atoms with Gasteiger partial charge in [0.1, 0.15) is 30.5 Å². The average Bonchev–Trinajstić information content (AvgIpc) is 3.28. The number of benzene rings is 1. The van der Waals surface area contributed by atoms with Crippen molar-refractivity contribution in [3.63, 3.8) is 0 Å². The molecule has 0 amide bonds. The highest BCUT2D eigenvalue weighted by Crippen LogP contribution is 2.33. The Bertz CT molecular complexity index is 1090. The van der Waals surface area contributed by atoms with E-state index in [0.717, 1.165) is 12.1 Å². The summed E-state index contributed by atoms with van der Waals surface area (Å²) in [5, 5.41) is 32.2. The van der Waals surface area contributed by atoms with Gasteiger partial charge in [-0.1, -0.05) is 6.07 Å². The van der Waals surface area contributed by atoms with Crippen molar-refractivity contribution in [3.8, 4) is 0 Å². The van der Waals surface area contributed by atoms with Gasteiger partial charge in [-0.05, 0) is 12.1 Å². The maximum atomic E-state index is 14.1. The second-order valence-corrected chi connectivity index (χ2v) is 6.93. The van der Waals surface area contributed by atoms with Crippen LogP contribution < -0.4 is 5.32 Å². The van der Waals surface area contributed by atoms with Gasteiger partial charge in [0.2, 0.25) is 0 Å². The minimum Gasteiger partial charge on any atom is -0.394 e. The summed E-state index contributed by atoms with van der Waals surface area (Å²) in [6, 6.07) is 2.23.